The van der Waals surface area contributed by atoms with Crippen LogP contribution in [0.3, 0.4) is 0 Å². The molecule has 1 aromatic carbocycles. The van der Waals surface area contributed by atoms with E-state index in [2.05, 4.69) is 0 Å². The van der Waals surface area contributed by atoms with Crippen molar-refractivity contribution in [3.8, 4) is 5.75 Å². The van der Waals surface area contributed by atoms with Gasteiger partial charge < -0.3 is 4.74 Å². The summed E-state index contributed by atoms with van der Waals surface area (Å²) in [6.07, 6.45) is 4.35. The molecule has 1 aliphatic rings. The number of nitro benzene ring substituents is 1. The number of carbonyl (C=O) groups excluding carboxylic acids is 1. The van der Waals surface area contributed by atoms with Crippen LogP contribution in [0.4, 0.5) is 5.69 Å². The maximum Gasteiger partial charge on any atom is 0.270 e. The number of rotatable bonds is 4. The highest BCUT2D eigenvalue weighted by Gasteiger charge is 2.20. The molecule has 5 heteroatoms. The van der Waals surface area contributed by atoms with Crippen LogP contribution in [0.25, 0.3) is 0 Å². The molecule has 0 heterocycles. The highest BCUT2D eigenvalue weighted by atomic mass is 16.6. The number of nitro groups is 1. The smallest absolute Gasteiger partial charge is 0.270 e. The molecule has 0 aliphatic heterocycles. The molecule has 0 bridgehead atoms. The average molecular weight is 249 g/mol. The van der Waals surface area contributed by atoms with Crippen molar-refractivity contribution in [1.29, 1.82) is 0 Å². The predicted octanol–water partition coefficient (Wildman–Crippen LogP) is 3.12. The van der Waals surface area contributed by atoms with Gasteiger partial charge in [-0.3, -0.25) is 14.9 Å². The molecule has 5 nitrogen and oxygen atoms in total. The van der Waals surface area contributed by atoms with E-state index in [0.717, 1.165) is 25.7 Å². The van der Waals surface area contributed by atoms with Gasteiger partial charge in [0.15, 0.2) is 5.78 Å². The lowest BCUT2D eigenvalue weighted by Crippen LogP contribution is -2.13. The fraction of sp³-hybridized carbons (Fsp3) is 0.462. The third-order valence-electron chi connectivity index (χ3n) is 3.15. The van der Waals surface area contributed by atoms with Crippen LogP contribution < -0.4 is 4.74 Å². The zero-order valence-electron chi connectivity index (χ0n) is 10.2. The third-order valence-corrected chi connectivity index (χ3v) is 3.15. The maximum absolute atomic E-state index is 11.5. The van der Waals surface area contributed by atoms with E-state index in [4.69, 9.17) is 4.74 Å². The number of Topliss-reactive ketones (excluding diaryl/α,β-unsaturated/α-hetero) is 1. The largest absolute Gasteiger partial charge is 0.490 e. The summed E-state index contributed by atoms with van der Waals surface area (Å²) in [5.74, 6) is 0.242. The molecule has 0 amide bonds. The summed E-state index contributed by atoms with van der Waals surface area (Å²) in [4.78, 5) is 21.7. The summed E-state index contributed by atoms with van der Waals surface area (Å²) in [7, 11) is 0. The average Bonchev–Trinajstić information content (AvgIpc) is 2.81. The standard InChI is InChI=1S/C13H15NO4/c1-9(15)12-8-10(14(16)17)6-7-13(12)18-11-4-2-3-5-11/h6-8,11H,2-5H2,1H3. The minimum Gasteiger partial charge on any atom is -0.490 e. The van der Waals surface area contributed by atoms with Gasteiger partial charge in [0.25, 0.3) is 5.69 Å². The molecule has 0 N–H and O–H groups in total. The lowest BCUT2D eigenvalue weighted by Gasteiger charge is -2.15. The van der Waals surface area contributed by atoms with Crippen LogP contribution in [0, 0.1) is 10.1 Å². The van der Waals surface area contributed by atoms with E-state index in [1.807, 2.05) is 0 Å². The Balaban J connectivity index is 2.28. The van der Waals surface area contributed by atoms with Crippen molar-refractivity contribution in [3.63, 3.8) is 0 Å². The molecule has 0 atom stereocenters. The van der Waals surface area contributed by atoms with Crippen molar-refractivity contribution >= 4 is 11.5 Å². The Bertz CT molecular complexity index is 478. The number of carbonyl (C=O) groups is 1. The fourth-order valence-electron chi connectivity index (χ4n) is 2.20. The first-order valence-corrected chi connectivity index (χ1v) is 6.04. The minimum absolute atomic E-state index is 0.0843. The van der Waals surface area contributed by atoms with Crippen molar-refractivity contribution in [2.75, 3.05) is 0 Å². The molecule has 1 saturated carbocycles. The van der Waals surface area contributed by atoms with Gasteiger partial charge in [-0.25, -0.2) is 0 Å². The van der Waals surface area contributed by atoms with Crippen molar-refractivity contribution in [2.45, 2.75) is 38.7 Å². The lowest BCUT2D eigenvalue weighted by atomic mass is 10.1. The molecule has 0 aromatic heterocycles. The maximum atomic E-state index is 11.5. The van der Waals surface area contributed by atoms with Crippen LogP contribution in [-0.4, -0.2) is 16.8 Å². The van der Waals surface area contributed by atoms with Crippen LogP contribution >= 0.6 is 0 Å². The zero-order valence-corrected chi connectivity index (χ0v) is 10.2. The first kappa shape index (κ1) is 12.5. The second kappa shape index (κ2) is 5.16. The van der Waals surface area contributed by atoms with Gasteiger partial charge in [-0.1, -0.05) is 0 Å². The normalized spacial score (nSPS) is 15.6. The van der Waals surface area contributed by atoms with Gasteiger partial charge in [0.1, 0.15) is 5.75 Å². The number of ketones is 1. The molecule has 1 aliphatic carbocycles. The van der Waals surface area contributed by atoms with Crippen LogP contribution in [0.1, 0.15) is 43.0 Å². The Hall–Kier alpha value is -1.91. The van der Waals surface area contributed by atoms with E-state index in [1.54, 1.807) is 0 Å². The van der Waals surface area contributed by atoms with Crippen molar-refractivity contribution in [1.82, 2.24) is 0 Å². The molecule has 0 saturated heterocycles. The van der Waals surface area contributed by atoms with Crippen molar-refractivity contribution < 1.29 is 14.5 Å². The number of hydrogen-bond acceptors (Lipinski definition) is 4. The van der Waals surface area contributed by atoms with Crippen LogP contribution in [0.15, 0.2) is 18.2 Å². The van der Waals surface area contributed by atoms with E-state index in [-0.39, 0.29) is 23.1 Å². The molecule has 18 heavy (non-hydrogen) atoms. The summed E-state index contributed by atoms with van der Waals surface area (Å²) in [5.41, 5.74) is 0.204. The first-order chi connectivity index (χ1) is 8.58. The van der Waals surface area contributed by atoms with E-state index in [1.165, 1.54) is 25.1 Å². The molecule has 0 spiro atoms. The Morgan fingerprint density at radius 2 is 2.06 bits per heavy atom. The van der Waals surface area contributed by atoms with Gasteiger partial charge in [0, 0.05) is 12.1 Å². The SMILES string of the molecule is CC(=O)c1cc([N+](=O)[O-])ccc1OC1CCCC1. The molecule has 1 aromatic rings. The molecule has 2 rings (SSSR count). The number of benzene rings is 1. The van der Waals surface area contributed by atoms with Gasteiger partial charge in [-0.15, -0.1) is 0 Å². The fourth-order valence-corrected chi connectivity index (χ4v) is 2.20. The second-order valence-electron chi connectivity index (χ2n) is 4.52. The van der Waals surface area contributed by atoms with Gasteiger partial charge in [0.2, 0.25) is 0 Å². The molecular formula is C13H15NO4. The summed E-state index contributed by atoms with van der Waals surface area (Å²) in [6.45, 7) is 1.39. The summed E-state index contributed by atoms with van der Waals surface area (Å²) < 4.78 is 5.76. The summed E-state index contributed by atoms with van der Waals surface area (Å²) in [6, 6.07) is 4.18. The Kier molecular flexibility index (Phi) is 3.60. The minimum atomic E-state index is -0.508. The summed E-state index contributed by atoms with van der Waals surface area (Å²) >= 11 is 0. The van der Waals surface area contributed by atoms with Crippen molar-refractivity contribution in [2.24, 2.45) is 0 Å². The zero-order chi connectivity index (χ0) is 13.1. The quantitative estimate of drug-likeness (QED) is 0.467. The lowest BCUT2D eigenvalue weighted by molar-refractivity contribution is -0.384. The van der Waals surface area contributed by atoms with Crippen molar-refractivity contribution in [3.05, 3.63) is 33.9 Å². The van der Waals surface area contributed by atoms with Gasteiger partial charge >= 0.3 is 0 Å². The highest BCUT2D eigenvalue weighted by molar-refractivity contribution is 5.97. The van der Waals surface area contributed by atoms with E-state index in [9.17, 15) is 14.9 Å². The third kappa shape index (κ3) is 2.67. The molecule has 0 radical (unpaired) electrons. The molecule has 1 fully saturated rings. The van der Waals surface area contributed by atoms with E-state index < -0.39 is 4.92 Å². The molecule has 0 unspecified atom stereocenters. The van der Waals surface area contributed by atoms with E-state index >= 15 is 0 Å². The summed E-state index contributed by atoms with van der Waals surface area (Å²) in [5, 5.41) is 10.7. The van der Waals surface area contributed by atoms with Gasteiger partial charge in [-0.2, -0.15) is 0 Å². The second-order valence-corrected chi connectivity index (χ2v) is 4.52. The number of nitrogens with zero attached hydrogens (tertiary/aromatic N) is 1. The Labute approximate surface area is 105 Å². The van der Waals surface area contributed by atoms with Crippen LogP contribution in [0.5, 0.6) is 5.75 Å². The first-order valence-electron chi connectivity index (χ1n) is 6.04. The highest BCUT2D eigenvalue weighted by Crippen LogP contribution is 2.29. The predicted molar refractivity (Wildman–Crippen MR) is 66.0 cm³/mol. The number of ether oxygens (including phenoxy) is 1. The monoisotopic (exact) mass is 249 g/mol. The Morgan fingerprint density at radius 3 is 2.61 bits per heavy atom. The topological polar surface area (TPSA) is 69.4 Å². The molecular weight excluding hydrogens is 234 g/mol. The Morgan fingerprint density at radius 1 is 1.39 bits per heavy atom. The van der Waals surface area contributed by atoms with Crippen LogP contribution in [-0.2, 0) is 0 Å². The van der Waals surface area contributed by atoms with Crippen LogP contribution in [0.2, 0.25) is 0 Å². The van der Waals surface area contributed by atoms with E-state index in [0.29, 0.717) is 5.75 Å². The number of non-ortho nitro benzene ring substituents is 1. The molecule has 96 valence electrons. The number of hydrogen-bond donors (Lipinski definition) is 0. The van der Waals surface area contributed by atoms with Gasteiger partial charge in [0.05, 0.1) is 16.6 Å². The van der Waals surface area contributed by atoms with Gasteiger partial charge in [-0.05, 0) is 38.7 Å².